The lowest BCUT2D eigenvalue weighted by atomic mass is 10.0. The number of hydrogen-bond donors (Lipinski definition) is 2. The van der Waals surface area contributed by atoms with Gasteiger partial charge in [-0.15, -0.1) is 0 Å². The Balaban J connectivity index is 2.56. The van der Waals surface area contributed by atoms with Gasteiger partial charge in [0.05, 0.1) is 0 Å². The average Bonchev–Trinajstić information content (AvgIpc) is 2.29. The predicted molar refractivity (Wildman–Crippen MR) is 71.3 cm³/mol. The van der Waals surface area contributed by atoms with Gasteiger partial charge in [0, 0.05) is 17.1 Å². The molecule has 2 aromatic rings. The average molecular weight is 230 g/mol. The number of hydrogen-bond acceptors (Lipinski definition) is 2. The molecule has 1 atom stereocenters. The van der Waals surface area contributed by atoms with Gasteiger partial charge in [-0.05, 0) is 48.9 Å². The van der Waals surface area contributed by atoms with Crippen LogP contribution in [0.1, 0.15) is 25.0 Å². The summed E-state index contributed by atoms with van der Waals surface area (Å²) in [6, 6.07) is 8.09. The van der Waals surface area contributed by atoms with Crippen molar-refractivity contribution < 1.29 is 0 Å². The van der Waals surface area contributed by atoms with Crippen LogP contribution in [0.3, 0.4) is 0 Å². The summed E-state index contributed by atoms with van der Waals surface area (Å²) in [5.74, 6) is 0. The summed E-state index contributed by atoms with van der Waals surface area (Å²) in [7, 11) is 0. The third kappa shape index (κ3) is 2.56. The molecule has 2 rings (SSSR count). The minimum atomic E-state index is -0.0287. The number of rotatable bonds is 3. The van der Waals surface area contributed by atoms with E-state index in [1.807, 2.05) is 25.1 Å². The Hall–Kier alpha value is -1.61. The van der Waals surface area contributed by atoms with Crippen LogP contribution >= 0.6 is 0 Å². The molecule has 0 radical (unpaired) electrons. The van der Waals surface area contributed by atoms with Gasteiger partial charge >= 0.3 is 0 Å². The molecule has 0 aliphatic heterocycles. The topological polar surface area (TPSA) is 58.9 Å². The summed E-state index contributed by atoms with van der Waals surface area (Å²) in [5, 5.41) is 1.08. The van der Waals surface area contributed by atoms with E-state index in [1.165, 1.54) is 5.56 Å². The highest BCUT2D eigenvalue weighted by atomic mass is 16.1. The molecule has 1 aromatic carbocycles. The number of benzene rings is 1. The lowest BCUT2D eigenvalue weighted by molar-refractivity contribution is 0.732. The Morgan fingerprint density at radius 2 is 2.12 bits per heavy atom. The molecule has 0 aliphatic carbocycles. The lowest BCUT2D eigenvalue weighted by Gasteiger charge is -2.07. The monoisotopic (exact) mass is 230 g/mol. The maximum atomic E-state index is 11.8. The van der Waals surface area contributed by atoms with Gasteiger partial charge in [-0.25, -0.2) is 0 Å². The van der Waals surface area contributed by atoms with E-state index in [2.05, 4.69) is 18.0 Å². The Labute approximate surface area is 101 Å². The van der Waals surface area contributed by atoms with Crippen LogP contribution in [0.5, 0.6) is 0 Å². The van der Waals surface area contributed by atoms with Crippen LogP contribution in [0.2, 0.25) is 0 Å². The quantitative estimate of drug-likeness (QED) is 0.847. The van der Waals surface area contributed by atoms with Crippen molar-refractivity contribution >= 4 is 10.9 Å². The molecule has 1 aromatic heterocycles. The Morgan fingerprint density at radius 3 is 2.76 bits per heavy atom. The normalized spacial score (nSPS) is 12.9. The van der Waals surface area contributed by atoms with Gasteiger partial charge in [0.15, 0.2) is 0 Å². The van der Waals surface area contributed by atoms with Gasteiger partial charge < -0.3 is 10.7 Å². The molecule has 0 fully saturated rings. The van der Waals surface area contributed by atoms with Crippen LogP contribution in [0, 0.1) is 0 Å². The van der Waals surface area contributed by atoms with Crippen LogP contribution in [-0.4, -0.2) is 11.0 Å². The second-order valence-electron chi connectivity index (χ2n) is 4.58. The molecular weight excluding hydrogens is 212 g/mol. The van der Waals surface area contributed by atoms with Crippen molar-refractivity contribution in [2.45, 2.75) is 32.7 Å². The number of aromatic amines is 1. The van der Waals surface area contributed by atoms with E-state index in [0.29, 0.717) is 6.42 Å². The largest absolute Gasteiger partial charge is 0.328 e. The van der Waals surface area contributed by atoms with Gasteiger partial charge in [-0.2, -0.15) is 0 Å². The van der Waals surface area contributed by atoms with E-state index in [1.54, 1.807) is 0 Å². The first-order valence-electron chi connectivity index (χ1n) is 6.00. The molecule has 1 unspecified atom stereocenters. The molecule has 0 saturated heterocycles. The number of nitrogens with two attached hydrogens (primary N) is 1. The molecule has 1 heterocycles. The second kappa shape index (κ2) is 4.72. The van der Waals surface area contributed by atoms with E-state index in [4.69, 9.17) is 5.73 Å². The standard InChI is InChI=1S/C14H18N2O/c1-3-10-4-5-13-11(7-10)8-12(6-9(2)15)14(17)16-13/h4-5,7-9H,3,6,15H2,1-2H3,(H,16,17). The summed E-state index contributed by atoms with van der Waals surface area (Å²) in [6.45, 7) is 4.03. The highest BCUT2D eigenvalue weighted by Gasteiger charge is 2.05. The lowest BCUT2D eigenvalue weighted by Crippen LogP contribution is -2.23. The third-order valence-corrected chi connectivity index (χ3v) is 2.94. The van der Waals surface area contributed by atoms with Crippen molar-refractivity contribution in [2.75, 3.05) is 0 Å². The molecule has 3 heteroatoms. The van der Waals surface area contributed by atoms with Crippen LogP contribution in [-0.2, 0) is 12.8 Å². The fraction of sp³-hybridized carbons (Fsp3) is 0.357. The van der Waals surface area contributed by atoms with E-state index in [0.717, 1.165) is 22.9 Å². The predicted octanol–water partition coefficient (Wildman–Crippen LogP) is 1.98. The first-order chi connectivity index (χ1) is 8.10. The van der Waals surface area contributed by atoms with Gasteiger partial charge in [0.1, 0.15) is 0 Å². The van der Waals surface area contributed by atoms with Crippen LogP contribution in [0.15, 0.2) is 29.1 Å². The molecule has 90 valence electrons. The van der Waals surface area contributed by atoms with Crippen LogP contribution in [0.25, 0.3) is 10.9 Å². The molecular formula is C14H18N2O. The van der Waals surface area contributed by atoms with E-state index in [-0.39, 0.29) is 11.6 Å². The highest BCUT2D eigenvalue weighted by molar-refractivity contribution is 5.79. The third-order valence-electron chi connectivity index (χ3n) is 2.94. The van der Waals surface area contributed by atoms with Crippen molar-refractivity contribution in [1.82, 2.24) is 4.98 Å². The van der Waals surface area contributed by atoms with Gasteiger partial charge in [0.2, 0.25) is 0 Å². The maximum Gasteiger partial charge on any atom is 0.251 e. The van der Waals surface area contributed by atoms with E-state index in [9.17, 15) is 4.79 Å². The first kappa shape index (κ1) is 11.9. The zero-order valence-corrected chi connectivity index (χ0v) is 10.3. The van der Waals surface area contributed by atoms with Crippen LogP contribution < -0.4 is 11.3 Å². The number of fused-ring (bicyclic) bond motifs is 1. The highest BCUT2D eigenvalue weighted by Crippen LogP contribution is 2.14. The van der Waals surface area contributed by atoms with Crippen molar-refractivity contribution in [1.29, 1.82) is 0 Å². The molecule has 0 spiro atoms. The minimum Gasteiger partial charge on any atom is -0.328 e. The maximum absolute atomic E-state index is 11.8. The molecule has 3 N–H and O–H groups in total. The van der Waals surface area contributed by atoms with Crippen molar-refractivity contribution in [3.05, 3.63) is 45.7 Å². The fourth-order valence-corrected chi connectivity index (χ4v) is 2.02. The molecule has 0 amide bonds. The van der Waals surface area contributed by atoms with Gasteiger partial charge in [-0.1, -0.05) is 13.0 Å². The fourth-order valence-electron chi connectivity index (χ4n) is 2.02. The van der Waals surface area contributed by atoms with Crippen molar-refractivity contribution in [3.63, 3.8) is 0 Å². The number of H-pyrrole nitrogens is 1. The molecule has 3 nitrogen and oxygen atoms in total. The molecule has 17 heavy (non-hydrogen) atoms. The number of nitrogens with one attached hydrogen (secondary N) is 1. The summed E-state index contributed by atoms with van der Waals surface area (Å²) in [4.78, 5) is 14.7. The van der Waals surface area contributed by atoms with E-state index < -0.39 is 0 Å². The first-order valence-corrected chi connectivity index (χ1v) is 6.00. The minimum absolute atomic E-state index is 0.00269. The number of aromatic nitrogens is 1. The molecule has 0 bridgehead atoms. The Bertz CT molecular complexity index is 584. The van der Waals surface area contributed by atoms with E-state index >= 15 is 0 Å². The summed E-state index contributed by atoms with van der Waals surface area (Å²) in [5.41, 5.74) is 8.64. The molecule has 0 saturated carbocycles. The Kier molecular flexibility index (Phi) is 3.29. The summed E-state index contributed by atoms with van der Waals surface area (Å²) < 4.78 is 0. The smallest absolute Gasteiger partial charge is 0.251 e. The SMILES string of the molecule is CCc1ccc2[nH]c(=O)c(CC(C)N)cc2c1. The summed E-state index contributed by atoms with van der Waals surface area (Å²) >= 11 is 0. The van der Waals surface area contributed by atoms with Crippen molar-refractivity contribution in [3.8, 4) is 0 Å². The Morgan fingerprint density at radius 1 is 1.35 bits per heavy atom. The number of pyridine rings is 1. The second-order valence-corrected chi connectivity index (χ2v) is 4.58. The zero-order valence-electron chi connectivity index (χ0n) is 10.3. The van der Waals surface area contributed by atoms with Crippen LogP contribution in [0.4, 0.5) is 0 Å². The van der Waals surface area contributed by atoms with Crippen molar-refractivity contribution in [2.24, 2.45) is 5.73 Å². The number of aryl methyl sites for hydroxylation is 1. The zero-order chi connectivity index (χ0) is 12.4. The summed E-state index contributed by atoms with van der Waals surface area (Å²) in [6.07, 6.45) is 1.61. The van der Waals surface area contributed by atoms with Gasteiger partial charge in [-0.3, -0.25) is 4.79 Å². The van der Waals surface area contributed by atoms with Gasteiger partial charge in [0.25, 0.3) is 5.56 Å². The molecule has 0 aliphatic rings.